The SMILES string of the molecule is C=O.CCC(=O)N1CCC(Nc2ccc(C)cc2)CC1.CN. The molecule has 1 heterocycles. The number of aryl methyl sites for hydroxylation is 1. The van der Waals surface area contributed by atoms with Crippen LogP contribution in [0.2, 0.25) is 0 Å². The molecule has 22 heavy (non-hydrogen) atoms. The zero-order valence-electron chi connectivity index (χ0n) is 14.0. The molecule has 0 spiro atoms. The monoisotopic (exact) mass is 307 g/mol. The molecule has 0 aromatic heterocycles. The van der Waals surface area contributed by atoms with Crippen LogP contribution in [-0.4, -0.2) is 43.8 Å². The van der Waals surface area contributed by atoms with Crippen LogP contribution in [0.1, 0.15) is 31.7 Å². The van der Waals surface area contributed by atoms with Gasteiger partial charge in [0.25, 0.3) is 0 Å². The third-order valence-electron chi connectivity index (χ3n) is 3.57. The standard InChI is InChI=1S/C15H22N2O.CH5N.CH2O/c1-3-15(18)17-10-8-14(9-11-17)16-13-6-4-12(2)5-7-13;2*1-2/h4-7,14,16H,3,8-11H2,1-2H3;2H2,1H3;1H2. The predicted octanol–water partition coefficient (Wildman–Crippen LogP) is 2.20. The molecular weight excluding hydrogens is 278 g/mol. The van der Waals surface area contributed by atoms with Crippen LogP contribution in [0, 0.1) is 6.92 Å². The Kier molecular flexibility index (Phi) is 10.7. The first kappa shape index (κ1) is 20.1. The molecule has 1 saturated heterocycles. The van der Waals surface area contributed by atoms with Gasteiger partial charge in [0.2, 0.25) is 5.91 Å². The summed E-state index contributed by atoms with van der Waals surface area (Å²) in [5.41, 5.74) is 6.96. The van der Waals surface area contributed by atoms with E-state index in [1.165, 1.54) is 18.3 Å². The average Bonchev–Trinajstić information content (AvgIpc) is 2.60. The number of likely N-dealkylation sites (tertiary alicyclic amines) is 1. The summed E-state index contributed by atoms with van der Waals surface area (Å²) in [6.07, 6.45) is 2.70. The van der Waals surface area contributed by atoms with Gasteiger partial charge in [-0.1, -0.05) is 24.6 Å². The van der Waals surface area contributed by atoms with Crippen molar-refractivity contribution in [1.82, 2.24) is 4.90 Å². The highest BCUT2D eigenvalue weighted by molar-refractivity contribution is 5.75. The summed E-state index contributed by atoms with van der Waals surface area (Å²) in [6, 6.07) is 8.99. The highest BCUT2D eigenvalue weighted by Crippen LogP contribution is 2.17. The van der Waals surface area contributed by atoms with Crippen LogP contribution in [0.3, 0.4) is 0 Å². The van der Waals surface area contributed by atoms with Crippen molar-refractivity contribution < 1.29 is 9.59 Å². The molecule has 124 valence electrons. The lowest BCUT2D eigenvalue weighted by Gasteiger charge is -2.32. The second kappa shape index (κ2) is 11.7. The molecular formula is C17H29N3O2. The minimum Gasteiger partial charge on any atom is -0.382 e. The molecule has 0 saturated carbocycles. The number of anilines is 1. The normalized spacial score (nSPS) is 14.1. The Bertz CT molecular complexity index is 412. The molecule has 0 bridgehead atoms. The van der Waals surface area contributed by atoms with Crippen molar-refractivity contribution in [2.45, 2.75) is 39.2 Å². The second-order valence-corrected chi connectivity index (χ2v) is 5.02. The molecule has 1 aromatic carbocycles. The van der Waals surface area contributed by atoms with Crippen molar-refractivity contribution in [3.63, 3.8) is 0 Å². The van der Waals surface area contributed by atoms with Crippen LogP contribution in [-0.2, 0) is 9.59 Å². The van der Waals surface area contributed by atoms with E-state index in [4.69, 9.17) is 4.79 Å². The van der Waals surface area contributed by atoms with E-state index in [2.05, 4.69) is 42.2 Å². The number of piperidine rings is 1. The lowest BCUT2D eigenvalue weighted by Crippen LogP contribution is -2.42. The maximum atomic E-state index is 11.6. The molecule has 0 radical (unpaired) electrons. The minimum absolute atomic E-state index is 0.281. The molecule has 2 rings (SSSR count). The van der Waals surface area contributed by atoms with Gasteiger partial charge in [-0.2, -0.15) is 0 Å². The maximum absolute atomic E-state index is 11.6. The van der Waals surface area contributed by atoms with Gasteiger partial charge in [0.05, 0.1) is 0 Å². The van der Waals surface area contributed by atoms with Gasteiger partial charge in [-0.05, 0) is 38.9 Å². The third-order valence-corrected chi connectivity index (χ3v) is 3.57. The zero-order valence-corrected chi connectivity index (χ0v) is 14.0. The lowest BCUT2D eigenvalue weighted by atomic mass is 10.0. The lowest BCUT2D eigenvalue weighted by molar-refractivity contribution is -0.131. The molecule has 1 aliphatic rings. The number of carbonyl (C=O) groups is 2. The molecule has 0 atom stereocenters. The summed E-state index contributed by atoms with van der Waals surface area (Å²) in [5.74, 6) is 0.281. The quantitative estimate of drug-likeness (QED) is 0.897. The average molecular weight is 307 g/mol. The smallest absolute Gasteiger partial charge is 0.222 e. The van der Waals surface area contributed by atoms with E-state index >= 15 is 0 Å². The Hall–Kier alpha value is -1.88. The number of nitrogens with two attached hydrogens (primary N) is 1. The van der Waals surface area contributed by atoms with E-state index in [-0.39, 0.29) is 5.91 Å². The van der Waals surface area contributed by atoms with Crippen LogP contribution in [0.25, 0.3) is 0 Å². The van der Waals surface area contributed by atoms with Crippen molar-refractivity contribution in [3.05, 3.63) is 29.8 Å². The summed E-state index contributed by atoms with van der Waals surface area (Å²) in [6.45, 7) is 7.80. The van der Waals surface area contributed by atoms with Crippen molar-refractivity contribution in [2.24, 2.45) is 5.73 Å². The number of hydrogen-bond donors (Lipinski definition) is 2. The Labute approximate surface area is 133 Å². The van der Waals surface area contributed by atoms with E-state index < -0.39 is 0 Å². The number of nitrogens with one attached hydrogen (secondary N) is 1. The first-order valence-electron chi connectivity index (χ1n) is 7.66. The first-order chi connectivity index (χ1) is 10.7. The van der Waals surface area contributed by atoms with Gasteiger partial charge in [-0.3, -0.25) is 4.79 Å². The van der Waals surface area contributed by atoms with E-state index in [0.29, 0.717) is 12.5 Å². The summed E-state index contributed by atoms with van der Waals surface area (Å²) in [5, 5.41) is 3.55. The van der Waals surface area contributed by atoms with E-state index in [9.17, 15) is 4.79 Å². The number of benzene rings is 1. The van der Waals surface area contributed by atoms with E-state index in [0.717, 1.165) is 25.9 Å². The summed E-state index contributed by atoms with van der Waals surface area (Å²) in [4.78, 5) is 21.6. The van der Waals surface area contributed by atoms with Crippen molar-refractivity contribution >= 4 is 18.4 Å². The fourth-order valence-corrected chi connectivity index (χ4v) is 2.38. The number of hydrogen-bond acceptors (Lipinski definition) is 4. The maximum Gasteiger partial charge on any atom is 0.222 e. The zero-order chi connectivity index (χ0) is 17.0. The molecule has 1 amide bonds. The van der Waals surface area contributed by atoms with Gasteiger partial charge in [0, 0.05) is 31.2 Å². The van der Waals surface area contributed by atoms with Crippen LogP contribution in [0.5, 0.6) is 0 Å². The van der Waals surface area contributed by atoms with Crippen molar-refractivity contribution in [1.29, 1.82) is 0 Å². The second-order valence-electron chi connectivity index (χ2n) is 5.02. The Morgan fingerprint density at radius 2 is 1.73 bits per heavy atom. The number of amides is 1. The molecule has 5 heteroatoms. The molecule has 0 unspecified atom stereocenters. The van der Waals surface area contributed by atoms with E-state index in [1.807, 2.05) is 18.6 Å². The summed E-state index contributed by atoms with van der Waals surface area (Å²) in [7, 11) is 1.50. The van der Waals surface area contributed by atoms with Crippen molar-refractivity contribution in [2.75, 3.05) is 25.5 Å². The molecule has 0 aliphatic carbocycles. The third kappa shape index (κ3) is 6.72. The van der Waals surface area contributed by atoms with Crippen LogP contribution >= 0.6 is 0 Å². The van der Waals surface area contributed by atoms with Gasteiger partial charge in [-0.25, -0.2) is 0 Å². The molecule has 1 aliphatic heterocycles. The van der Waals surface area contributed by atoms with Gasteiger partial charge < -0.3 is 20.7 Å². The van der Waals surface area contributed by atoms with Gasteiger partial charge in [-0.15, -0.1) is 0 Å². The molecule has 5 nitrogen and oxygen atoms in total. The summed E-state index contributed by atoms with van der Waals surface area (Å²) < 4.78 is 0. The topological polar surface area (TPSA) is 75.4 Å². The Morgan fingerprint density at radius 3 is 2.18 bits per heavy atom. The van der Waals surface area contributed by atoms with Crippen LogP contribution < -0.4 is 11.1 Å². The number of rotatable bonds is 3. The predicted molar refractivity (Wildman–Crippen MR) is 91.9 cm³/mol. The number of nitrogens with zero attached hydrogens (tertiary/aromatic N) is 1. The van der Waals surface area contributed by atoms with Gasteiger partial charge >= 0.3 is 0 Å². The summed E-state index contributed by atoms with van der Waals surface area (Å²) >= 11 is 0. The fraction of sp³-hybridized carbons (Fsp3) is 0.529. The highest BCUT2D eigenvalue weighted by Gasteiger charge is 2.21. The minimum atomic E-state index is 0.281. The van der Waals surface area contributed by atoms with Crippen LogP contribution in [0.15, 0.2) is 24.3 Å². The van der Waals surface area contributed by atoms with Crippen molar-refractivity contribution in [3.8, 4) is 0 Å². The fourth-order valence-electron chi connectivity index (χ4n) is 2.38. The molecule has 1 aromatic rings. The largest absolute Gasteiger partial charge is 0.382 e. The van der Waals surface area contributed by atoms with Gasteiger partial charge in [0.1, 0.15) is 6.79 Å². The number of carbonyl (C=O) groups excluding carboxylic acids is 2. The highest BCUT2D eigenvalue weighted by atomic mass is 16.2. The molecule has 3 N–H and O–H groups in total. The van der Waals surface area contributed by atoms with E-state index in [1.54, 1.807) is 0 Å². The first-order valence-corrected chi connectivity index (χ1v) is 7.66. The Balaban J connectivity index is 0.00000102. The Morgan fingerprint density at radius 1 is 1.23 bits per heavy atom. The van der Waals surface area contributed by atoms with Crippen LogP contribution in [0.4, 0.5) is 5.69 Å². The van der Waals surface area contributed by atoms with Gasteiger partial charge in [0.15, 0.2) is 0 Å². The molecule has 1 fully saturated rings.